The molecule has 0 atom stereocenters. The van der Waals surface area contributed by atoms with E-state index in [1.165, 1.54) is 37.9 Å². The number of benzene rings is 3. The third-order valence-electron chi connectivity index (χ3n) is 6.39. The van der Waals surface area contributed by atoms with E-state index in [9.17, 15) is 19.5 Å². The first kappa shape index (κ1) is 23.0. The summed E-state index contributed by atoms with van der Waals surface area (Å²) in [5.41, 5.74) is 4.01. The van der Waals surface area contributed by atoms with Gasteiger partial charge in [-0.05, 0) is 60.4 Å². The molecule has 4 rings (SSSR count). The molecule has 34 heavy (non-hydrogen) atoms. The highest BCUT2D eigenvalue weighted by molar-refractivity contribution is 5.98. The zero-order valence-corrected chi connectivity index (χ0v) is 19.2. The van der Waals surface area contributed by atoms with Crippen LogP contribution >= 0.6 is 0 Å². The van der Waals surface area contributed by atoms with Gasteiger partial charge in [0.05, 0.1) is 0 Å². The summed E-state index contributed by atoms with van der Waals surface area (Å²) in [6.07, 6.45) is -0.593. The highest BCUT2D eigenvalue weighted by atomic mass is 16.5. The Morgan fingerprint density at radius 1 is 0.912 bits per heavy atom. The molecule has 0 unspecified atom stereocenters. The number of fused-ring (bicyclic) bond motifs is 3. The number of carbonyl (C=O) groups excluding carboxylic acids is 2. The smallest absolute Gasteiger partial charge is 0.411 e. The van der Waals surface area contributed by atoms with Crippen LogP contribution in [-0.2, 0) is 9.53 Å². The van der Waals surface area contributed by atoms with E-state index in [1.54, 1.807) is 12.1 Å². The maximum Gasteiger partial charge on any atom is 0.411 e. The van der Waals surface area contributed by atoms with Crippen LogP contribution in [0.15, 0.2) is 72.8 Å². The lowest BCUT2D eigenvalue weighted by Crippen LogP contribution is -2.50. The summed E-state index contributed by atoms with van der Waals surface area (Å²) in [6.45, 7) is 3.12. The SMILES string of the molecule is CN(C(=O)c1ccc(NC(=O)OCC2c3ccccc3-c3ccccc32)cc1)C(C)(C)C(=O)O. The molecule has 3 aromatic rings. The third kappa shape index (κ3) is 4.24. The number of carboxylic acids is 1. The number of hydrogen-bond acceptors (Lipinski definition) is 4. The predicted molar refractivity (Wildman–Crippen MR) is 129 cm³/mol. The van der Waals surface area contributed by atoms with Gasteiger partial charge in [0.25, 0.3) is 5.91 Å². The largest absolute Gasteiger partial charge is 0.480 e. The number of carbonyl (C=O) groups is 3. The molecule has 0 heterocycles. The number of nitrogens with zero attached hydrogens (tertiary/aromatic N) is 1. The fourth-order valence-electron chi connectivity index (χ4n) is 4.04. The lowest BCUT2D eigenvalue weighted by Gasteiger charge is -2.31. The van der Waals surface area contributed by atoms with E-state index in [2.05, 4.69) is 29.6 Å². The van der Waals surface area contributed by atoms with E-state index in [0.717, 1.165) is 22.3 Å². The van der Waals surface area contributed by atoms with Crippen molar-refractivity contribution in [3.8, 4) is 11.1 Å². The Labute approximate surface area is 198 Å². The van der Waals surface area contributed by atoms with E-state index >= 15 is 0 Å². The van der Waals surface area contributed by atoms with Crippen LogP contribution in [0.5, 0.6) is 0 Å². The number of nitrogens with one attached hydrogen (secondary N) is 1. The number of hydrogen-bond donors (Lipinski definition) is 2. The van der Waals surface area contributed by atoms with Gasteiger partial charge in [0.1, 0.15) is 12.1 Å². The fraction of sp³-hybridized carbons (Fsp3) is 0.222. The summed E-state index contributed by atoms with van der Waals surface area (Å²) in [4.78, 5) is 37.7. The van der Waals surface area contributed by atoms with Crippen LogP contribution in [0.2, 0.25) is 0 Å². The van der Waals surface area contributed by atoms with Gasteiger partial charge in [0, 0.05) is 24.2 Å². The first-order valence-corrected chi connectivity index (χ1v) is 10.9. The number of anilines is 1. The molecule has 0 radical (unpaired) electrons. The van der Waals surface area contributed by atoms with Crippen molar-refractivity contribution in [1.29, 1.82) is 0 Å². The number of ether oxygens (including phenoxy) is 1. The second kappa shape index (κ2) is 9.02. The molecule has 0 fully saturated rings. The summed E-state index contributed by atoms with van der Waals surface area (Å²) < 4.78 is 5.54. The highest BCUT2D eigenvalue weighted by Crippen LogP contribution is 2.44. The van der Waals surface area contributed by atoms with Crippen molar-refractivity contribution in [2.24, 2.45) is 0 Å². The maximum atomic E-state index is 12.6. The van der Waals surface area contributed by atoms with Crippen molar-refractivity contribution >= 4 is 23.7 Å². The Morgan fingerprint density at radius 3 is 1.97 bits per heavy atom. The average molecular weight is 459 g/mol. The van der Waals surface area contributed by atoms with E-state index in [4.69, 9.17) is 4.74 Å². The van der Waals surface area contributed by atoms with Crippen LogP contribution in [0.4, 0.5) is 10.5 Å². The van der Waals surface area contributed by atoms with Gasteiger partial charge < -0.3 is 14.7 Å². The Hall–Kier alpha value is -4.13. The Balaban J connectivity index is 1.39. The molecule has 0 aromatic heterocycles. The predicted octanol–water partition coefficient (Wildman–Crippen LogP) is 4.98. The summed E-state index contributed by atoms with van der Waals surface area (Å²) in [5.74, 6) is -1.57. The highest BCUT2D eigenvalue weighted by Gasteiger charge is 2.35. The molecular formula is C27H26N2O5. The van der Waals surface area contributed by atoms with Gasteiger partial charge in [-0.1, -0.05) is 48.5 Å². The van der Waals surface area contributed by atoms with Gasteiger partial charge in [0.2, 0.25) is 0 Å². The number of aliphatic carboxylic acids is 1. The second-order valence-corrected chi connectivity index (χ2v) is 8.76. The van der Waals surface area contributed by atoms with Crippen molar-refractivity contribution in [1.82, 2.24) is 4.90 Å². The van der Waals surface area contributed by atoms with Crippen molar-refractivity contribution in [2.75, 3.05) is 19.0 Å². The molecule has 0 spiro atoms. The molecule has 1 aliphatic carbocycles. The Morgan fingerprint density at radius 2 is 1.44 bits per heavy atom. The van der Waals surface area contributed by atoms with Crippen LogP contribution < -0.4 is 5.32 Å². The van der Waals surface area contributed by atoms with Crippen LogP contribution in [0.25, 0.3) is 11.1 Å². The van der Waals surface area contributed by atoms with E-state index in [0.29, 0.717) is 11.3 Å². The maximum absolute atomic E-state index is 12.6. The Bertz CT molecular complexity index is 1200. The van der Waals surface area contributed by atoms with Gasteiger partial charge in [-0.15, -0.1) is 0 Å². The summed E-state index contributed by atoms with van der Waals surface area (Å²) in [6, 6.07) is 22.5. The minimum atomic E-state index is -1.35. The number of carboxylic acid groups (broad SMARTS) is 1. The second-order valence-electron chi connectivity index (χ2n) is 8.76. The van der Waals surface area contributed by atoms with Gasteiger partial charge in [-0.3, -0.25) is 10.1 Å². The van der Waals surface area contributed by atoms with Gasteiger partial charge in [-0.25, -0.2) is 9.59 Å². The Kier molecular flexibility index (Phi) is 6.11. The van der Waals surface area contributed by atoms with Gasteiger partial charge in [-0.2, -0.15) is 0 Å². The lowest BCUT2D eigenvalue weighted by molar-refractivity contribution is -0.147. The quantitative estimate of drug-likeness (QED) is 0.543. The minimum absolute atomic E-state index is 0.0359. The average Bonchev–Trinajstić information content (AvgIpc) is 3.16. The summed E-state index contributed by atoms with van der Waals surface area (Å²) in [5, 5.41) is 12.0. The molecule has 0 aliphatic heterocycles. The number of rotatable bonds is 6. The van der Waals surface area contributed by atoms with Crippen molar-refractivity contribution in [2.45, 2.75) is 25.3 Å². The first-order chi connectivity index (χ1) is 16.2. The number of likely N-dealkylation sites (N-methyl/N-ethyl adjacent to an activating group) is 1. The first-order valence-electron chi connectivity index (χ1n) is 10.9. The monoisotopic (exact) mass is 458 g/mol. The lowest BCUT2D eigenvalue weighted by atomic mass is 9.98. The zero-order valence-electron chi connectivity index (χ0n) is 19.2. The van der Waals surface area contributed by atoms with Crippen LogP contribution in [-0.4, -0.2) is 47.2 Å². The molecule has 3 aromatic carbocycles. The molecule has 0 saturated carbocycles. The van der Waals surface area contributed by atoms with E-state index in [1.807, 2.05) is 24.3 Å². The third-order valence-corrected chi connectivity index (χ3v) is 6.39. The standard InChI is InChI=1S/C27H26N2O5/c1-27(2,25(31)32)29(3)24(30)17-12-14-18(15-13-17)28-26(33)34-16-23-21-10-6-4-8-19(21)20-9-5-7-11-22(20)23/h4-15,23H,16H2,1-3H3,(H,28,33)(H,31,32). The molecule has 7 nitrogen and oxygen atoms in total. The molecule has 0 saturated heterocycles. The number of amides is 2. The van der Waals surface area contributed by atoms with Crippen molar-refractivity contribution in [3.05, 3.63) is 89.5 Å². The topological polar surface area (TPSA) is 95.9 Å². The van der Waals surface area contributed by atoms with Crippen LogP contribution in [0, 0.1) is 0 Å². The molecule has 0 bridgehead atoms. The van der Waals surface area contributed by atoms with Crippen LogP contribution in [0.1, 0.15) is 41.3 Å². The van der Waals surface area contributed by atoms with E-state index in [-0.39, 0.29) is 12.5 Å². The summed E-state index contributed by atoms with van der Waals surface area (Å²) in [7, 11) is 1.44. The zero-order chi connectivity index (χ0) is 24.5. The summed E-state index contributed by atoms with van der Waals surface area (Å²) >= 11 is 0. The van der Waals surface area contributed by atoms with E-state index < -0.39 is 23.5 Å². The molecule has 2 amide bonds. The molecule has 7 heteroatoms. The van der Waals surface area contributed by atoms with Crippen molar-refractivity contribution < 1.29 is 24.2 Å². The fourth-order valence-corrected chi connectivity index (χ4v) is 4.04. The molecule has 174 valence electrons. The normalized spacial score (nSPS) is 12.4. The molecule has 1 aliphatic rings. The van der Waals surface area contributed by atoms with Crippen LogP contribution in [0.3, 0.4) is 0 Å². The molecule has 2 N–H and O–H groups in total. The van der Waals surface area contributed by atoms with Gasteiger partial charge in [0.15, 0.2) is 0 Å². The molecular weight excluding hydrogens is 432 g/mol. The van der Waals surface area contributed by atoms with Crippen molar-refractivity contribution in [3.63, 3.8) is 0 Å². The minimum Gasteiger partial charge on any atom is -0.480 e. The van der Waals surface area contributed by atoms with Gasteiger partial charge >= 0.3 is 12.1 Å².